The van der Waals surface area contributed by atoms with Gasteiger partial charge >= 0.3 is 6.18 Å². The summed E-state index contributed by atoms with van der Waals surface area (Å²) in [6.07, 6.45) is -2.73. The second-order valence-electron chi connectivity index (χ2n) is 8.04. The third kappa shape index (κ3) is 7.45. The average Bonchev–Trinajstić information content (AvgIpc) is 3.02. The minimum absolute atomic E-state index is 0.0892. The topological polar surface area (TPSA) is 82.8 Å². The van der Waals surface area contributed by atoms with Gasteiger partial charge in [-0.1, -0.05) is 30.3 Å². The lowest BCUT2D eigenvalue weighted by Crippen LogP contribution is -2.42. The first-order valence-corrected chi connectivity index (χ1v) is 10.8. The molecule has 0 radical (unpaired) electrons. The zero-order valence-electron chi connectivity index (χ0n) is 18.3. The Balaban J connectivity index is 1.59. The van der Waals surface area contributed by atoms with Gasteiger partial charge in [0.1, 0.15) is 5.82 Å². The smallest absolute Gasteiger partial charge is 0.370 e. The third-order valence-corrected chi connectivity index (χ3v) is 5.54. The number of halogens is 3. The van der Waals surface area contributed by atoms with Crippen molar-refractivity contribution in [1.82, 2.24) is 14.8 Å². The van der Waals surface area contributed by atoms with Gasteiger partial charge in [-0.05, 0) is 24.1 Å². The molecule has 1 aliphatic heterocycles. The van der Waals surface area contributed by atoms with Crippen molar-refractivity contribution < 1.29 is 22.8 Å². The van der Waals surface area contributed by atoms with Crippen LogP contribution in [0.25, 0.3) is 0 Å². The first-order chi connectivity index (χ1) is 15.7. The second-order valence-corrected chi connectivity index (χ2v) is 8.04. The summed E-state index contributed by atoms with van der Waals surface area (Å²) in [5.74, 6) is -0.0696. The zero-order chi connectivity index (χ0) is 23.8. The Morgan fingerprint density at radius 2 is 1.79 bits per heavy atom. The molecule has 1 aromatic heterocycles. The second kappa shape index (κ2) is 11.1. The van der Waals surface area contributed by atoms with Gasteiger partial charge in [-0.25, -0.2) is 4.98 Å². The Kier molecular flexibility index (Phi) is 8.26. The third-order valence-electron chi connectivity index (χ3n) is 5.54. The number of carbonyl (C=O) groups excluding carboxylic acids is 2. The maximum Gasteiger partial charge on any atom is 0.417 e. The number of alkyl halides is 3. The van der Waals surface area contributed by atoms with Crippen LogP contribution in [0.4, 0.5) is 19.0 Å². The van der Waals surface area contributed by atoms with E-state index < -0.39 is 17.6 Å². The molecule has 2 amide bonds. The highest BCUT2D eigenvalue weighted by Gasteiger charge is 2.31. The summed E-state index contributed by atoms with van der Waals surface area (Å²) in [6.45, 7) is 3.27. The van der Waals surface area contributed by atoms with Crippen LogP contribution >= 0.6 is 0 Å². The van der Waals surface area contributed by atoms with Crippen LogP contribution in [0.3, 0.4) is 0 Å². The molecule has 33 heavy (non-hydrogen) atoms. The molecule has 2 aromatic rings. The van der Waals surface area contributed by atoms with Crippen molar-refractivity contribution in [3.8, 4) is 0 Å². The summed E-state index contributed by atoms with van der Waals surface area (Å²) in [4.78, 5) is 33.9. The molecule has 178 valence electrons. The summed E-state index contributed by atoms with van der Waals surface area (Å²) < 4.78 is 38.3. The number of amides is 2. The van der Waals surface area contributed by atoms with Crippen molar-refractivity contribution in [2.24, 2.45) is 5.73 Å². The largest absolute Gasteiger partial charge is 0.417 e. The average molecular weight is 464 g/mol. The van der Waals surface area contributed by atoms with E-state index >= 15 is 0 Å². The molecule has 1 aliphatic rings. The number of benzene rings is 1. The Morgan fingerprint density at radius 3 is 2.42 bits per heavy atom. The normalized spacial score (nSPS) is 15.2. The molecule has 2 N–H and O–H groups in total. The van der Waals surface area contributed by atoms with E-state index in [1.165, 1.54) is 6.07 Å². The fourth-order valence-electron chi connectivity index (χ4n) is 3.73. The molecule has 0 bridgehead atoms. The number of nitrogens with zero attached hydrogens (tertiary/aromatic N) is 4. The molecule has 0 saturated carbocycles. The van der Waals surface area contributed by atoms with E-state index in [4.69, 9.17) is 5.73 Å². The van der Waals surface area contributed by atoms with Crippen molar-refractivity contribution in [3.05, 3.63) is 59.8 Å². The molecule has 0 atom stereocenters. The first kappa shape index (κ1) is 24.5. The van der Waals surface area contributed by atoms with Crippen molar-refractivity contribution >= 4 is 17.6 Å². The van der Waals surface area contributed by atoms with Crippen LogP contribution in [-0.2, 0) is 22.3 Å². The molecule has 1 saturated heterocycles. The van der Waals surface area contributed by atoms with E-state index in [0.29, 0.717) is 38.5 Å². The van der Waals surface area contributed by atoms with Gasteiger partial charge in [0.25, 0.3) is 0 Å². The molecule has 1 fully saturated rings. The molecule has 0 spiro atoms. The standard InChI is InChI=1S/C23H28F3N5O2/c24-23(25,26)19-7-8-21(28-15-19)30-11-4-10-29(13-14-30)17-22(33)31(12-9-20(27)32)16-18-5-2-1-3-6-18/h1-3,5-8,15H,4,9-14,16-17H2,(H2,27,32). The lowest BCUT2D eigenvalue weighted by molar-refractivity contribution is -0.138. The van der Waals surface area contributed by atoms with Crippen molar-refractivity contribution in [1.29, 1.82) is 0 Å². The predicted octanol–water partition coefficient (Wildman–Crippen LogP) is 2.52. The predicted molar refractivity (Wildman–Crippen MR) is 118 cm³/mol. The highest BCUT2D eigenvalue weighted by atomic mass is 19.4. The number of hydrogen-bond acceptors (Lipinski definition) is 5. The molecule has 3 rings (SSSR count). The van der Waals surface area contributed by atoms with Crippen molar-refractivity contribution in [2.45, 2.75) is 25.6 Å². The summed E-state index contributed by atoms with van der Waals surface area (Å²) in [6, 6.07) is 11.9. The van der Waals surface area contributed by atoms with Gasteiger partial charge in [0.15, 0.2) is 0 Å². The molecule has 2 heterocycles. The van der Waals surface area contributed by atoms with Crippen LogP contribution in [0.5, 0.6) is 0 Å². The van der Waals surface area contributed by atoms with Gasteiger partial charge in [0.2, 0.25) is 11.8 Å². The van der Waals surface area contributed by atoms with Crippen molar-refractivity contribution in [2.75, 3.05) is 44.2 Å². The van der Waals surface area contributed by atoms with E-state index in [1.807, 2.05) is 40.1 Å². The highest BCUT2D eigenvalue weighted by molar-refractivity contribution is 5.79. The molecular formula is C23H28F3N5O2. The summed E-state index contributed by atoms with van der Waals surface area (Å²) >= 11 is 0. The highest BCUT2D eigenvalue weighted by Crippen LogP contribution is 2.29. The van der Waals surface area contributed by atoms with Crippen LogP contribution < -0.4 is 10.6 Å². The molecular weight excluding hydrogens is 435 g/mol. The van der Waals surface area contributed by atoms with E-state index in [9.17, 15) is 22.8 Å². The quantitative estimate of drug-likeness (QED) is 0.651. The minimum atomic E-state index is -4.42. The first-order valence-electron chi connectivity index (χ1n) is 10.8. The summed E-state index contributed by atoms with van der Waals surface area (Å²) in [7, 11) is 0. The van der Waals surface area contributed by atoms with Gasteiger partial charge in [-0.3, -0.25) is 14.5 Å². The number of primary amides is 1. The lowest BCUT2D eigenvalue weighted by atomic mass is 10.2. The zero-order valence-corrected chi connectivity index (χ0v) is 18.3. The number of pyridine rings is 1. The van der Waals surface area contributed by atoms with Crippen LogP contribution in [0.1, 0.15) is 24.0 Å². The van der Waals surface area contributed by atoms with Gasteiger partial charge in [-0.15, -0.1) is 0 Å². The van der Waals surface area contributed by atoms with Crippen LogP contribution in [0.2, 0.25) is 0 Å². The number of carbonyl (C=O) groups is 2. The molecule has 1 aromatic carbocycles. The number of hydrogen-bond donors (Lipinski definition) is 1. The van der Waals surface area contributed by atoms with E-state index in [2.05, 4.69) is 4.98 Å². The van der Waals surface area contributed by atoms with E-state index in [-0.39, 0.29) is 25.4 Å². The Labute approximate surface area is 191 Å². The molecule has 0 unspecified atom stereocenters. The molecule has 0 aliphatic carbocycles. The fraction of sp³-hybridized carbons (Fsp3) is 0.435. The Hall–Kier alpha value is -3.14. The van der Waals surface area contributed by atoms with Gasteiger partial charge in [0, 0.05) is 51.9 Å². The van der Waals surface area contributed by atoms with E-state index in [0.717, 1.165) is 24.2 Å². The number of aromatic nitrogens is 1. The van der Waals surface area contributed by atoms with Crippen LogP contribution in [0.15, 0.2) is 48.7 Å². The summed E-state index contributed by atoms with van der Waals surface area (Å²) in [5, 5.41) is 0. The minimum Gasteiger partial charge on any atom is -0.370 e. The van der Waals surface area contributed by atoms with E-state index in [1.54, 1.807) is 4.90 Å². The fourth-order valence-corrected chi connectivity index (χ4v) is 3.73. The summed E-state index contributed by atoms with van der Waals surface area (Å²) in [5.41, 5.74) is 5.47. The SMILES string of the molecule is NC(=O)CCN(Cc1ccccc1)C(=O)CN1CCCN(c2ccc(C(F)(F)F)cn2)CC1. The van der Waals surface area contributed by atoms with Crippen LogP contribution in [0, 0.1) is 0 Å². The van der Waals surface area contributed by atoms with Gasteiger partial charge < -0.3 is 15.5 Å². The van der Waals surface area contributed by atoms with Gasteiger partial charge in [0.05, 0.1) is 12.1 Å². The molecule has 7 nitrogen and oxygen atoms in total. The van der Waals surface area contributed by atoms with Crippen molar-refractivity contribution in [3.63, 3.8) is 0 Å². The number of rotatable bonds is 8. The Morgan fingerprint density at radius 1 is 1.03 bits per heavy atom. The number of nitrogens with two attached hydrogens (primary N) is 1. The maximum atomic E-state index is 13.0. The lowest BCUT2D eigenvalue weighted by Gasteiger charge is -2.27. The van der Waals surface area contributed by atoms with Gasteiger partial charge in [-0.2, -0.15) is 13.2 Å². The Bertz CT molecular complexity index is 922. The molecule has 10 heteroatoms. The maximum absolute atomic E-state index is 13.0. The van der Waals surface area contributed by atoms with Crippen LogP contribution in [-0.4, -0.2) is 65.9 Å². The number of anilines is 1. The monoisotopic (exact) mass is 463 g/mol.